The quantitative estimate of drug-likeness (QED) is 0.892. The third kappa shape index (κ3) is 2.88. The third-order valence-electron chi connectivity index (χ3n) is 7.70. The molecule has 1 aromatic heterocycles. The molecule has 0 unspecified atom stereocenters. The number of amides is 1. The summed E-state index contributed by atoms with van der Waals surface area (Å²) < 4.78 is 0. The topological polar surface area (TPSA) is 61.4 Å². The van der Waals surface area contributed by atoms with Crippen molar-refractivity contribution in [3.63, 3.8) is 0 Å². The van der Waals surface area contributed by atoms with E-state index in [1.165, 1.54) is 12.8 Å². The Morgan fingerprint density at radius 2 is 1.88 bits per heavy atom. The maximum absolute atomic E-state index is 12.7. The van der Waals surface area contributed by atoms with Crippen molar-refractivity contribution < 1.29 is 4.79 Å². The first kappa shape index (κ1) is 17.7. The molecule has 3 fully saturated rings. The Labute approximate surface area is 156 Å². The van der Waals surface area contributed by atoms with Crippen LogP contribution in [-0.4, -0.2) is 59.5 Å². The van der Waals surface area contributed by atoms with Gasteiger partial charge in [0, 0.05) is 44.6 Å². The second-order valence-electron chi connectivity index (χ2n) is 9.04. The van der Waals surface area contributed by atoms with Gasteiger partial charge in [-0.1, -0.05) is 20.8 Å². The first-order chi connectivity index (χ1) is 12.4. The number of hydrogen-bond acceptors (Lipinski definition) is 5. The summed E-state index contributed by atoms with van der Waals surface area (Å²) in [6, 6.07) is 2.17. The Morgan fingerprint density at radius 1 is 1.19 bits per heavy atom. The predicted octanol–water partition coefficient (Wildman–Crippen LogP) is 1.93. The number of carbonyl (C=O) groups is 1. The van der Waals surface area contributed by atoms with E-state index in [1.807, 2.05) is 6.07 Å². The van der Waals surface area contributed by atoms with Crippen molar-refractivity contribution in [3.05, 3.63) is 18.5 Å². The first-order valence-corrected chi connectivity index (χ1v) is 9.94. The van der Waals surface area contributed by atoms with E-state index in [4.69, 9.17) is 0 Å². The molecule has 26 heavy (non-hydrogen) atoms. The van der Waals surface area contributed by atoms with Crippen LogP contribution in [0.4, 0.5) is 5.95 Å². The minimum atomic E-state index is 0.184. The van der Waals surface area contributed by atoms with Crippen molar-refractivity contribution in [1.82, 2.24) is 20.2 Å². The number of fused-ring (bicyclic) bond motifs is 2. The van der Waals surface area contributed by atoms with Crippen molar-refractivity contribution >= 4 is 11.9 Å². The molecule has 2 saturated carbocycles. The summed E-state index contributed by atoms with van der Waals surface area (Å²) in [5.41, 5.74) is 0.586. The van der Waals surface area contributed by atoms with Crippen molar-refractivity contribution in [3.8, 4) is 0 Å². The van der Waals surface area contributed by atoms with E-state index >= 15 is 0 Å². The van der Waals surface area contributed by atoms with E-state index in [0.717, 1.165) is 44.5 Å². The molecule has 2 bridgehead atoms. The molecule has 6 nitrogen and oxygen atoms in total. The van der Waals surface area contributed by atoms with Gasteiger partial charge in [-0.2, -0.15) is 0 Å². The van der Waals surface area contributed by atoms with Crippen molar-refractivity contribution in [2.45, 2.75) is 46.1 Å². The van der Waals surface area contributed by atoms with Crippen molar-refractivity contribution in [2.24, 2.45) is 16.7 Å². The Balaban J connectivity index is 1.28. The van der Waals surface area contributed by atoms with Crippen LogP contribution in [0.2, 0.25) is 0 Å². The van der Waals surface area contributed by atoms with E-state index in [2.05, 4.69) is 45.9 Å². The van der Waals surface area contributed by atoms with Crippen LogP contribution in [0.25, 0.3) is 0 Å². The SMILES string of the molecule is CC1(C)[C@H]2CC[C@@]1(C)[C@H](NC(=O)CN1CCN(c3ncccn3)CC1)C2. The van der Waals surface area contributed by atoms with Gasteiger partial charge in [0.1, 0.15) is 0 Å². The Morgan fingerprint density at radius 3 is 2.46 bits per heavy atom. The molecule has 1 aliphatic heterocycles. The van der Waals surface area contributed by atoms with Crippen molar-refractivity contribution in [1.29, 1.82) is 0 Å². The molecule has 0 radical (unpaired) electrons. The summed E-state index contributed by atoms with van der Waals surface area (Å²) in [5.74, 6) is 1.73. The Hall–Kier alpha value is -1.69. The van der Waals surface area contributed by atoms with Gasteiger partial charge in [-0.3, -0.25) is 9.69 Å². The van der Waals surface area contributed by atoms with Gasteiger partial charge < -0.3 is 10.2 Å². The molecule has 6 heteroatoms. The van der Waals surface area contributed by atoms with Gasteiger partial charge in [0.25, 0.3) is 0 Å². The van der Waals surface area contributed by atoms with E-state index in [-0.39, 0.29) is 11.3 Å². The molecule has 142 valence electrons. The number of anilines is 1. The number of carbonyl (C=O) groups excluding carboxylic acids is 1. The molecule has 4 rings (SSSR count). The highest BCUT2D eigenvalue weighted by Crippen LogP contribution is 2.65. The zero-order valence-corrected chi connectivity index (χ0v) is 16.2. The number of piperazine rings is 1. The summed E-state index contributed by atoms with van der Waals surface area (Å²) in [7, 11) is 0. The van der Waals surface area contributed by atoms with Crippen LogP contribution in [0.3, 0.4) is 0 Å². The number of hydrogen-bond donors (Lipinski definition) is 1. The highest BCUT2D eigenvalue weighted by molar-refractivity contribution is 5.78. The molecule has 0 spiro atoms. The molecule has 3 aliphatic rings. The number of rotatable bonds is 4. The second-order valence-corrected chi connectivity index (χ2v) is 9.04. The van der Waals surface area contributed by atoms with Crippen LogP contribution in [-0.2, 0) is 4.79 Å². The lowest BCUT2D eigenvalue weighted by atomic mass is 9.69. The average Bonchev–Trinajstić information content (AvgIpc) is 2.96. The summed E-state index contributed by atoms with van der Waals surface area (Å²) in [4.78, 5) is 25.7. The van der Waals surface area contributed by atoms with Crippen LogP contribution >= 0.6 is 0 Å². The van der Waals surface area contributed by atoms with Crippen LogP contribution in [0.1, 0.15) is 40.0 Å². The third-order valence-corrected chi connectivity index (χ3v) is 7.70. The molecular formula is C20H31N5O. The number of nitrogens with zero attached hydrogens (tertiary/aromatic N) is 4. The summed E-state index contributed by atoms with van der Waals surface area (Å²) in [6.07, 6.45) is 7.26. The van der Waals surface area contributed by atoms with Gasteiger partial charge in [0.2, 0.25) is 11.9 Å². The lowest BCUT2D eigenvalue weighted by Crippen LogP contribution is -2.53. The first-order valence-electron chi connectivity index (χ1n) is 9.94. The second kappa shape index (κ2) is 6.48. The van der Waals surface area contributed by atoms with Crippen LogP contribution in [0, 0.1) is 16.7 Å². The van der Waals surface area contributed by atoms with Gasteiger partial charge in [-0.15, -0.1) is 0 Å². The Kier molecular flexibility index (Phi) is 4.41. The average molecular weight is 358 g/mol. The van der Waals surface area contributed by atoms with Gasteiger partial charge in [-0.05, 0) is 42.1 Å². The summed E-state index contributed by atoms with van der Waals surface area (Å²) in [6.45, 7) is 11.2. The molecule has 1 amide bonds. The maximum Gasteiger partial charge on any atom is 0.234 e. The van der Waals surface area contributed by atoms with Crippen LogP contribution in [0.5, 0.6) is 0 Å². The van der Waals surface area contributed by atoms with Gasteiger partial charge >= 0.3 is 0 Å². The smallest absolute Gasteiger partial charge is 0.234 e. The highest BCUT2D eigenvalue weighted by Gasteiger charge is 2.61. The van der Waals surface area contributed by atoms with E-state index in [9.17, 15) is 4.79 Å². The largest absolute Gasteiger partial charge is 0.352 e. The molecule has 1 N–H and O–H groups in total. The Bertz CT molecular complexity index is 655. The fourth-order valence-electron chi connectivity index (χ4n) is 5.43. The zero-order valence-electron chi connectivity index (χ0n) is 16.2. The highest BCUT2D eigenvalue weighted by atomic mass is 16.2. The molecule has 2 heterocycles. The standard InChI is InChI=1S/C20H31N5O/c1-19(2)15-5-6-20(19,3)16(13-15)23-17(26)14-24-9-11-25(12-10-24)18-21-7-4-8-22-18/h4,7-8,15-16H,5-6,9-14H2,1-3H3,(H,23,26)/t15-,16+,20-/m0/s1. The number of nitrogens with one attached hydrogen (secondary N) is 1. The van der Waals surface area contributed by atoms with Crippen LogP contribution in [0.15, 0.2) is 18.5 Å². The number of aromatic nitrogens is 2. The predicted molar refractivity (Wildman–Crippen MR) is 102 cm³/mol. The minimum Gasteiger partial charge on any atom is -0.352 e. The monoisotopic (exact) mass is 357 g/mol. The lowest BCUT2D eigenvalue weighted by molar-refractivity contribution is -0.124. The summed E-state index contributed by atoms with van der Waals surface area (Å²) in [5, 5.41) is 3.38. The van der Waals surface area contributed by atoms with E-state index in [1.54, 1.807) is 12.4 Å². The minimum absolute atomic E-state index is 0.184. The molecule has 2 aliphatic carbocycles. The van der Waals surface area contributed by atoms with Crippen molar-refractivity contribution in [2.75, 3.05) is 37.6 Å². The van der Waals surface area contributed by atoms with E-state index < -0.39 is 0 Å². The maximum atomic E-state index is 12.7. The fourth-order valence-corrected chi connectivity index (χ4v) is 5.43. The molecule has 3 atom stereocenters. The molecule has 1 saturated heterocycles. The molecular weight excluding hydrogens is 326 g/mol. The van der Waals surface area contributed by atoms with Crippen LogP contribution < -0.4 is 10.2 Å². The zero-order chi connectivity index (χ0) is 18.4. The lowest BCUT2D eigenvalue weighted by Gasteiger charge is -2.40. The molecule has 0 aromatic carbocycles. The van der Waals surface area contributed by atoms with Gasteiger partial charge in [0.15, 0.2) is 0 Å². The summed E-state index contributed by atoms with van der Waals surface area (Å²) >= 11 is 0. The van der Waals surface area contributed by atoms with E-state index in [0.29, 0.717) is 18.0 Å². The van der Waals surface area contributed by atoms with Gasteiger partial charge in [0.05, 0.1) is 6.54 Å². The fraction of sp³-hybridized carbons (Fsp3) is 0.750. The molecule has 1 aromatic rings. The van der Waals surface area contributed by atoms with Gasteiger partial charge in [-0.25, -0.2) is 9.97 Å². The normalized spacial score (nSPS) is 33.4.